The van der Waals surface area contributed by atoms with Gasteiger partial charge in [-0.1, -0.05) is 30.3 Å². The van der Waals surface area contributed by atoms with Crippen molar-refractivity contribution in [2.24, 2.45) is 5.73 Å². The first-order valence-corrected chi connectivity index (χ1v) is 5.17. The van der Waals surface area contributed by atoms with Crippen molar-refractivity contribution >= 4 is 5.97 Å². The Hall–Kier alpha value is -1.35. The highest BCUT2D eigenvalue weighted by atomic mass is 16.5. The normalized spacial score (nSPS) is 12.1. The lowest BCUT2D eigenvalue weighted by Gasteiger charge is -2.10. The molecule has 0 amide bonds. The fourth-order valence-corrected chi connectivity index (χ4v) is 1.42. The van der Waals surface area contributed by atoms with Gasteiger partial charge in [-0.3, -0.25) is 4.79 Å². The summed E-state index contributed by atoms with van der Waals surface area (Å²) in [6.07, 6.45) is 0.988. The number of nitrogens with two attached hydrogens (primary N) is 1. The van der Waals surface area contributed by atoms with E-state index in [9.17, 15) is 4.79 Å². The average molecular weight is 207 g/mol. The number of hydrogen-bond acceptors (Lipinski definition) is 3. The van der Waals surface area contributed by atoms with Crippen molar-refractivity contribution in [3.8, 4) is 0 Å². The van der Waals surface area contributed by atoms with Crippen LogP contribution in [0.15, 0.2) is 30.3 Å². The van der Waals surface area contributed by atoms with E-state index >= 15 is 0 Å². The first-order valence-electron chi connectivity index (χ1n) is 5.17. The van der Waals surface area contributed by atoms with Crippen LogP contribution in [0, 0.1) is 0 Å². The van der Waals surface area contributed by atoms with Gasteiger partial charge in [0, 0.05) is 6.04 Å². The summed E-state index contributed by atoms with van der Waals surface area (Å²) in [7, 11) is 0. The number of benzene rings is 1. The number of carbonyl (C=O) groups excluding carboxylic acids is 1. The van der Waals surface area contributed by atoms with Crippen LogP contribution in [-0.4, -0.2) is 18.6 Å². The molecule has 0 unspecified atom stereocenters. The zero-order valence-electron chi connectivity index (χ0n) is 8.98. The molecule has 3 heteroatoms. The molecule has 0 spiro atoms. The van der Waals surface area contributed by atoms with Gasteiger partial charge in [-0.2, -0.15) is 0 Å². The third-order valence-corrected chi connectivity index (χ3v) is 2.07. The van der Waals surface area contributed by atoms with E-state index in [0.29, 0.717) is 13.0 Å². The molecule has 3 nitrogen and oxygen atoms in total. The topological polar surface area (TPSA) is 52.3 Å². The van der Waals surface area contributed by atoms with Gasteiger partial charge in [0.2, 0.25) is 0 Å². The highest BCUT2D eigenvalue weighted by molar-refractivity contribution is 5.70. The van der Waals surface area contributed by atoms with E-state index in [1.54, 1.807) is 6.92 Å². The molecular weight excluding hydrogens is 190 g/mol. The van der Waals surface area contributed by atoms with E-state index in [0.717, 1.165) is 5.56 Å². The van der Waals surface area contributed by atoms with Crippen molar-refractivity contribution < 1.29 is 9.53 Å². The minimum Gasteiger partial charge on any atom is -0.466 e. The van der Waals surface area contributed by atoms with Crippen LogP contribution in [0.2, 0.25) is 0 Å². The molecule has 1 aromatic rings. The van der Waals surface area contributed by atoms with Crippen molar-refractivity contribution in [3.05, 3.63) is 35.9 Å². The van der Waals surface area contributed by atoms with Crippen LogP contribution in [-0.2, 0) is 16.0 Å². The Morgan fingerprint density at radius 1 is 1.40 bits per heavy atom. The van der Waals surface area contributed by atoms with Gasteiger partial charge in [-0.05, 0) is 18.9 Å². The second kappa shape index (κ2) is 6.19. The molecule has 0 aliphatic carbocycles. The Morgan fingerprint density at radius 2 is 2.07 bits per heavy atom. The summed E-state index contributed by atoms with van der Waals surface area (Å²) in [6.45, 7) is 2.21. The maximum absolute atomic E-state index is 11.1. The Balaban J connectivity index is 2.36. The van der Waals surface area contributed by atoms with Crippen LogP contribution in [0.4, 0.5) is 0 Å². The number of carbonyl (C=O) groups is 1. The molecule has 0 aromatic heterocycles. The molecule has 0 heterocycles. The van der Waals surface area contributed by atoms with E-state index in [1.807, 2.05) is 30.3 Å². The van der Waals surface area contributed by atoms with Crippen molar-refractivity contribution in [1.29, 1.82) is 0 Å². The molecule has 0 fully saturated rings. The number of esters is 1. The van der Waals surface area contributed by atoms with Gasteiger partial charge in [0.1, 0.15) is 0 Å². The molecule has 2 N–H and O–H groups in total. The Labute approximate surface area is 90.2 Å². The maximum atomic E-state index is 11.1. The molecule has 82 valence electrons. The molecular formula is C12H17NO2. The van der Waals surface area contributed by atoms with Gasteiger partial charge in [-0.15, -0.1) is 0 Å². The predicted octanol–water partition coefficient (Wildman–Crippen LogP) is 1.51. The summed E-state index contributed by atoms with van der Waals surface area (Å²) in [4.78, 5) is 11.1. The van der Waals surface area contributed by atoms with Crippen molar-refractivity contribution in [2.45, 2.75) is 25.8 Å². The molecule has 0 radical (unpaired) electrons. The maximum Gasteiger partial charge on any atom is 0.307 e. The monoisotopic (exact) mass is 207 g/mol. The average Bonchev–Trinajstić information content (AvgIpc) is 2.19. The highest BCUT2D eigenvalue weighted by Crippen LogP contribution is 2.04. The van der Waals surface area contributed by atoms with Gasteiger partial charge in [0.15, 0.2) is 0 Å². The van der Waals surface area contributed by atoms with Crippen molar-refractivity contribution in [2.75, 3.05) is 6.61 Å². The lowest BCUT2D eigenvalue weighted by Crippen LogP contribution is -2.27. The molecule has 0 bridgehead atoms. The van der Waals surface area contributed by atoms with Crippen molar-refractivity contribution in [1.82, 2.24) is 0 Å². The number of ether oxygens (including phenoxy) is 1. The lowest BCUT2D eigenvalue weighted by atomic mass is 10.0. The van der Waals surface area contributed by atoms with Gasteiger partial charge >= 0.3 is 5.97 Å². The van der Waals surface area contributed by atoms with E-state index in [2.05, 4.69) is 0 Å². The Kier molecular flexibility index (Phi) is 4.84. The summed E-state index contributed by atoms with van der Waals surface area (Å²) in [5, 5.41) is 0. The van der Waals surface area contributed by atoms with Gasteiger partial charge in [0.25, 0.3) is 0 Å². The van der Waals surface area contributed by atoms with Gasteiger partial charge in [-0.25, -0.2) is 0 Å². The summed E-state index contributed by atoms with van der Waals surface area (Å²) in [5.41, 5.74) is 6.98. The second-order valence-corrected chi connectivity index (χ2v) is 3.46. The van der Waals surface area contributed by atoms with Crippen LogP contribution in [0.5, 0.6) is 0 Å². The standard InChI is InChI=1S/C12H17NO2/c1-2-15-12(14)9-11(13)8-10-6-4-3-5-7-10/h3-7,11H,2,8-9,13H2,1H3/t11-/m1/s1. The van der Waals surface area contributed by atoms with Crippen LogP contribution in [0.25, 0.3) is 0 Å². The van der Waals surface area contributed by atoms with Crippen LogP contribution >= 0.6 is 0 Å². The highest BCUT2D eigenvalue weighted by Gasteiger charge is 2.10. The number of rotatable bonds is 5. The molecule has 1 aromatic carbocycles. The molecule has 15 heavy (non-hydrogen) atoms. The smallest absolute Gasteiger partial charge is 0.307 e. The molecule has 0 saturated carbocycles. The molecule has 0 aliphatic heterocycles. The lowest BCUT2D eigenvalue weighted by molar-refractivity contribution is -0.143. The zero-order valence-corrected chi connectivity index (χ0v) is 8.98. The quantitative estimate of drug-likeness (QED) is 0.744. The van der Waals surface area contributed by atoms with E-state index in [-0.39, 0.29) is 18.4 Å². The largest absolute Gasteiger partial charge is 0.466 e. The van der Waals surface area contributed by atoms with Gasteiger partial charge in [0.05, 0.1) is 13.0 Å². The summed E-state index contributed by atoms with van der Waals surface area (Å²) < 4.78 is 4.83. The van der Waals surface area contributed by atoms with Crippen LogP contribution in [0.3, 0.4) is 0 Å². The molecule has 0 saturated heterocycles. The molecule has 1 rings (SSSR count). The molecule has 1 atom stereocenters. The summed E-state index contributed by atoms with van der Waals surface area (Å²) in [5.74, 6) is -0.221. The van der Waals surface area contributed by atoms with Crippen LogP contribution in [0.1, 0.15) is 18.9 Å². The third kappa shape index (κ3) is 4.61. The van der Waals surface area contributed by atoms with E-state index < -0.39 is 0 Å². The van der Waals surface area contributed by atoms with Crippen molar-refractivity contribution in [3.63, 3.8) is 0 Å². The predicted molar refractivity (Wildman–Crippen MR) is 59.4 cm³/mol. The third-order valence-electron chi connectivity index (χ3n) is 2.07. The first-order chi connectivity index (χ1) is 7.22. The SMILES string of the molecule is CCOC(=O)C[C@H](N)Cc1ccccc1. The zero-order chi connectivity index (χ0) is 11.1. The first kappa shape index (κ1) is 11.7. The number of hydrogen-bond donors (Lipinski definition) is 1. The fourth-order valence-electron chi connectivity index (χ4n) is 1.42. The minimum atomic E-state index is -0.221. The second-order valence-electron chi connectivity index (χ2n) is 3.46. The summed E-state index contributed by atoms with van der Waals surface area (Å²) >= 11 is 0. The van der Waals surface area contributed by atoms with E-state index in [4.69, 9.17) is 10.5 Å². The Morgan fingerprint density at radius 3 is 2.67 bits per heavy atom. The minimum absolute atomic E-state index is 0.161. The summed E-state index contributed by atoms with van der Waals surface area (Å²) in [6, 6.07) is 9.74. The molecule has 0 aliphatic rings. The van der Waals surface area contributed by atoms with E-state index in [1.165, 1.54) is 0 Å². The Bertz CT molecular complexity index is 298. The van der Waals surface area contributed by atoms with Gasteiger partial charge < -0.3 is 10.5 Å². The van der Waals surface area contributed by atoms with Crippen LogP contribution < -0.4 is 5.73 Å². The fraction of sp³-hybridized carbons (Fsp3) is 0.417.